The van der Waals surface area contributed by atoms with Crippen molar-refractivity contribution in [3.63, 3.8) is 0 Å². The van der Waals surface area contributed by atoms with E-state index in [0.29, 0.717) is 11.4 Å². The Balaban J connectivity index is 4.43. The average Bonchev–Trinajstić information content (AvgIpc) is 2.22. The summed E-state index contributed by atoms with van der Waals surface area (Å²) in [4.78, 5) is 14.5. The molecule has 0 aromatic carbocycles. The van der Waals surface area contributed by atoms with Gasteiger partial charge >= 0.3 is 5.97 Å². The molecule has 5 N–H and O–H groups in total. The van der Waals surface area contributed by atoms with Crippen LogP contribution in [0.25, 0.3) is 0 Å². The average molecular weight is 245 g/mol. The van der Waals surface area contributed by atoms with Crippen molar-refractivity contribution in [2.75, 3.05) is 6.54 Å². The van der Waals surface area contributed by atoms with Gasteiger partial charge in [-0.25, -0.2) is 4.39 Å². The molecule has 0 radical (unpaired) electrons. The number of amidine groups is 1. The first kappa shape index (κ1) is 15.6. The molecular weight excluding hydrogens is 225 g/mol. The fraction of sp³-hybridized carbons (Fsp3) is 0.636. The molecule has 0 amide bonds. The van der Waals surface area contributed by atoms with Gasteiger partial charge in [0.15, 0.2) is 0 Å². The molecule has 1 atom stereocenters. The Morgan fingerprint density at radius 2 is 2.00 bits per heavy atom. The molecule has 0 aliphatic carbocycles. The molecule has 98 valence electrons. The van der Waals surface area contributed by atoms with Gasteiger partial charge in [-0.2, -0.15) is 0 Å². The lowest BCUT2D eigenvalue weighted by Gasteiger charge is -2.19. The maximum Gasteiger partial charge on any atom is 0.323 e. The molecule has 0 aromatic rings. The topological polar surface area (TPSA) is 102 Å². The van der Waals surface area contributed by atoms with Crippen LogP contribution in [-0.4, -0.2) is 29.0 Å². The second-order valence-corrected chi connectivity index (χ2v) is 4.37. The van der Waals surface area contributed by atoms with E-state index in [9.17, 15) is 9.18 Å². The van der Waals surface area contributed by atoms with E-state index < -0.39 is 17.3 Å². The van der Waals surface area contributed by atoms with Gasteiger partial charge in [0.25, 0.3) is 0 Å². The van der Waals surface area contributed by atoms with Crippen LogP contribution in [0, 0.1) is 0 Å². The van der Waals surface area contributed by atoms with Gasteiger partial charge in [-0.15, -0.1) is 0 Å². The first-order valence-corrected chi connectivity index (χ1v) is 5.29. The predicted molar refractivity (Wildman–Crippen MR) is 65.4 cm³/mol. The maximum absolute atomic E-state index is 13.5. The third kappa shape index (κ3) is 6.01. The number of aliphatic carboxylic acids is 1. The first-order chi connectivity index (χ1) is 7.66. The van der Waals surface area contributed by atoms with Crippen molar-refractivity contribution >= 4 is 11.8 Å². The Labute approximate surface area is 100 Å². The van der Waals surface area contributed by atoms with Crippen molar-refractivity contribution in [3.8, 4) is 0 Å². The zero-order chi connectivity index (χ0) is 13.6. The Morgan fingerprint density at radius 1 is 1.47 bits per heavy atom. The van der Waals surface area contributed by atoms with Gasteiger partial charge in [-0.1, -0.05) is 0 Å². The summed E-state index contributed by atoms with van der Waals surface area (Å²) in [7, 11) is 0. The number of nitrogens with two attached hydrogens (primary N) is 2. The number of aliphatic imine (C=N–C) groups is 1. The third-order valence-corrected chi connectivity index (χ3v) is 2.44. The fourth-order valence-electron chi connectivity index (χ4n) is 1.02. The Bertz CT molecular complexity index is 345. The quantitative estimate of drug-likeness (QED) is 0.483. The second-order valence-electron chi connectivity index (χ2n) is 4.37. The van der Waals surface area contributed by atoms with Gasteiger partial charge < -0.3 is 16.6 Å². The highest BCUT2D eigenvalue weighted by Gasteiger charge is 2.27. The number of hydrogen-bond acceptors (Lipinski definition) is 3. The van der Waals surface area contributed by atoms with E-state index in [1.807, 2.05) is 0 Å². The van der Waals surface area contributed by atoms with Crippen LogP contribution in [-0.2, 0) is 4.79 Å². The Kier molecular flexibility index (Phi) is 5.81. The molecule has 0 aliphatic heterocycles. The van der Waals surface area contributed by atoms with Crippen LogP contribution in [0.4, 0.5) is 4.39 Å². The molecule has 0 bridgehead atoms. The predicted octanol–water partition coefficient (Wildman–Crippen LogP) is 1.19. The van der Waals surface area contributed by atoms with E-state index in [4.69, 9.17) is 16.6 Å². The van der Waals surface area contributed by atoms with Crippen molar-refractivity contribution in [2.24, 2.45) is 16.5 Å². The molecule has 6 heteroatoms. The van der Waals surface area contributed by atoms with Crippen molar-refractivity contribution in [3.05, 3.63) is 11.4 Å². The summed E-state index contributed by atoms with van der Waals surface area (Å²) >= 11 is 0. The lowest BCUT2D eigenvalue weighted by atomic mass is 9.94. The van der Waals surface area contributed by atoms with E-state index in [-0.39, 0.29) is 19.4 Å². The summed E-state index contributed by atoms with van der Waals surface area (Å²) in [6.45, 7) is 4.46. The molecular formula is C11H20FN3O2. The minimum atomic E-state index is -1.34. The highest BCUT2D eigenvalue weighted by molar-refractivity contribution is 5.78. The summed E-state index contributed by atoms with van der Waals surface area (Å²) in [6.07, 6.45) is 0.456. The molecule has 0 rings (SSSR count). The van der Waals surface area contributed by atoms with Crippen molar-refractivity contribution in [1.82, 2.24) is 0 Å². The minimum Gasteiger partial charge on any atom is -0.480 e. The number of rotatable bonds is 6. The van der Waals surface area contributed by atoms with E-state index in [0.717, 1.165) is 0 Å². The van der Waals surface area contributed by atoms with Crippen LogP contribution in [0.2, 0.25) is 0 Å². The Hall–Kier alpha value is -1.43. The van der Waals surface area contributed by atoms with E-state index in [1.54, 1.807) is 13.8 Å². The summed E-state index contributed by atoms with van der Waals surface area (Å²) in [5.74, 6) is -1.18. The molecule has 0 heterocycles. The van der Waals surface area contributed by atoms with E-state index >= 15 is 0 Å². The second kappa shape index (κ2) is 6.34. The molecule has 0 spiro atoms. The number of carboxylic acids is 1. The van der Waals surface area contributed by atoms with Gasteiger partial charge in [0.2, 0.25) is 0 Å². The van der Waals surface area contributed by atoms with Crippen LogP contribution >= 0.6 is 0 Å². The summed E-state index contributed by atoms with van der Waals surface area (Å²) < 4.78 is 13.5. The normalized spacial score (nSPS) is 17.4. The van der Waals surface area contributed by atoms with E-state index in [1.165, 1.54) is 6.92 Å². The standard InChI is InChI=1S/C11H20FN3O2/c1-7(9(12)6-15-8(2)13)4-5-11(3,14)10(16)17/h4-6,14H2,1-3H3,(H2,13,15)(H,16,17)/b9-7-. The molecule has 1 unspecified atom stereocenters. The lowest BCUT2D eigenvalue weighted by Crippen LogP contribution is -2.44. The third-order valence-electron chi connectivity index (χ3n) is 2.44. The Morgan fingerprint density at radius 3 is 2.41 bits per heavy atom. The first-order valence-electron chi connectivity index (χ1n) is 5.29. The largest absolute Gasteiger partial charge is 0.480 e. The number of carboxylic acid groups (broad SMARTS) is 1. The van der Waals surface area contributed by atoms with Gasteiger partial charge in [0, 0.05) is 0 Å². The molecule has 0 fully saturated rings. The fourth-order valence-corrected chi connectivity index (χ4v) is 1.02. The zero-order valence-corrected chi connectivity index (χ0v) is 10.5. The number of carbonyl (C=O) groups is 1. The van der Waals surface area contributed by atoms with Gasteiger partial charge in [-0.05, 0) is 39.2 Å². The van der Waals surface area contributed by atoms with Crippen LogP contribution in [0.15, 0.2) is 16.4 Å². The van der Waals surface area contributed by atoms with E-state index in [2.05, 4.69) is 4.99 Å². The highest BCUT2D eigenvalue weighted by Crippen LogP contribution is 2.18. The molecule has 0 saturated carbocycles. The van der Waals surface area contributed by atoms with Crippen LogP contribution in [0.1, 0.15) is 33.6 Å². The zero-order valence-electron chi connectivity index (χ0n) is 10.5. The number of allylic oxidation sites excluding steroid dienone is 1. The molecule has 0 aliphatic rings. The number of halogens is 1. The molecule has 0 saturated heterocycles. The molecule has 5 nitrogen and oxygen atoms in total. The number of nitrogens with zero attached hydrogens (tertiary/aromatic N) is 1. The van der Waals surface area contributed by atoms with Gasteiger partial charge in [-0.3, -0.25) is 9.79 Å². The lowest BCUT2D eigenvalue weighted by molar-refractivity contribution is -0.142. The van der Waals surface area contributed by atoms with Crippen molar-refractivity contribution in [1.29, 1.82) is 0 Å². The van der Waals surface area contributed by atoms with Crippen molar-refractivity contribution < 1.29 is 14.3 Å². The van der Waals surface area contributed by atoms with Gasteiger partial charge in [0.05, 0.1) is 12.4 Å². The smallest absolute Gasteiger partial charge is 0.323 e. The van der Waals surface area contributed by atoms with Crippen molar-refractivity contribution in [2.45, 2.75) is 39.2 Å². The minimum absolute atomic E-state index is 0.109. The molecule has 0 aromatic heterocycles. The summed E-state index contributed by atoms with van der Waals surface area (Å²) in [6, 6.07) is 0. The van der Waals surface area contributed by atoms with Crippen LogP contribution in [0.3, 0.4) is 0 Å². The maximum atomic E-state index is 13.5. The SMILES string of the molecule is CC(N)=NC/C(F)=C(\C)CCC(C)(N)C(=O)O. The van der Waals surface area contributed by atoms with Crippen LogP contribution < -0.4 is 11.5 Å². The summed E-state index contributed by atoms with van der Waals surface area (Å²) in [5.41, 5.74) is 9.94. The van der Waals surface area contributed by atoms with Gasteiger partial charge in [0.1, 0.15) is 11.4 Å². The van der Waals surface area contributed by atoms with Crippen LogP contribution in [0.5, 0.6) is 0 Å². The monoisotopic (exact) mass is 245 g/mol. The molecule has 17 heavy (non-hydrogen) atoms. The number of hydrogen-bond donors (Lipinski definition) is 3. The summed E-state index contributed by atoms with van der Waals surface area (Å²) in [5, 5.41) is 8.80. The highest BCUT2D eigenvalue weighted by atomic mass is 19.1.